The average Bonchev–Trinajstić information content (AvgIpc) is 2.79. The highest BCUT2D eigenvalue weighted by Crippen LogP contribution is 2.25. The summed E-state index contributed by atoms with van der Waals surface area (Å²) in [6.07, 6.45) is 2.43. The van der Waals surface area contributed by atoms with Crippen molar-refractivity contribution >= 4 is 43.5 Å². The molecule has 192 valence electrons. The van der Waals surface area contributed by atoms with E-state index in [-0.39, 0.29) is 31.3 Å². The topological polar surface area (TPSA) is 86.8 Å². The predicted octanol–water partition coefficient (Wildman–Crippen LogP) is 4.56. The second kappa shape index (κ2) is 13.1. The van der Waals surface area contributed by atoms with Gasteiger partial charge in [-0.1, -0.05) is 47.1 Å². The monoisotopic (exact) mass is 565 g/mol. The van der Waals surface area contributed by atoms with Crippen LogP contribution in [0, 0.1) is 13.8 Å². The number of anilines is 1. The maximum atomic E-state index is 13.3. The van der Waals surface area contributed by atoms with E-state index in [0.29, 0.717) is 18.7 Å². The molecule has 2 rings (SSSR count). The number of hydrogen-bond donors (Lipinski definition) is 1. The van der Waals surface area contributed by atoms with E-state index < -0.39 is 16.1 Å². The summed E-state index contributed by atoms with van der Waals surface area (Å²) in [6.45, 7) is 8.53. The maximum Gasteiger partial charge on any atom is 0.242 e. The first-order chi connectivity index (χ1) is 16.5. The van der Waals surface area contributed by atoms with Crippen LogP contribution in [0.4, 0.5) is 5.69 Å². The maximum absolute atomic E-state index is 13.3. The van der Waals surface area contributed by atoms with Crippen LogP contribution >= 0.6 is 15.9 Å². The minimum absolute atomic E-state index is 0.121. The zero-order valence-electron chi connectivity index (χ0n) is 21.2. The van der Waals surface area contributed by atoms with E-state index in [1.807, 2.05) is 57.2 Å². The Kier molecular flexibility index (Phi) is 10.8. The molecule has 0 saturated heterocycles. The predicted molar refractivity (Wildman–Crippen MR) is 145 cm³/mol. The minimum Gasteiger partial charge on any atom is -0.354 e. The first-order valence-corrected chi connectivity index (χ1v) is 14.4. The lowest BCUT2D eigenvalue weighted by Gasteiger charge is -2.29. The molecule has 2 amide bonds. The molecule has 0 spiro atoms. The Morgan fingerprint density at radius 2 is 1.80 bits per heavy atom. The first kappa shape index (κ1) is 28.8. The Labute approximate surface area is 218 Å². The molecule has 2 aromatic rings. The third-order valence-corrected chi connectivity index (χ3v) is 7.63. The molecule has 0 aromatic heterocycles. The van der Waals surface area contributed by atoms with Crippen molar-refractivity contribution in [1.29, 1.82) is 0 Å². The molecule has 9 heteroatoms. The van der Waals surface area contributed by atoms with Crippen LogP contribution < -0.4 is 9.62 Å². The highest BCUT2D eigenvalue weighted by molar-refractivity contribution is 9.10. The van der Waals surface area contributed by atoms with E-state index in [1.54, 1.807) is 17.9 Å². The summed E-state index contributed by atoms with van der Waals surface area (Å²) in [5, 5.41) is 2.86. The van der Waals surface area contributed by atoms with Crippen LogP contribution in [0.3, 0.4) is 0 Å². The number of carbonyl (C=O) groups excluding carboxylic acids is 2. The van der Waals surface area contributed by atoms with E-state index >= 15 is 0 Å². The van der Waals surface area contributed by atoms with E-state index in [4.69, 9.17) is 0 Å². The standard InChI is InChI=1S/C26H36BrN3O4S/c1-6-15-28-26(32)21(4)29(18-22-11-8-12-23(27)17-22)25(31)14-9-16-30(35(5,33)34)24-13-7-10-19(2)20(24)3/h7-8,10-13,17,21H,6,9,14-16,18H2,1-5H3,(H,28,32). The highest BCUT2D eigenvalue weighted by Gasteiger charge is 2.27. The van der Waals surface area contributed by atoms with Gasteiger partial charge in [0, 0.05) is 30.5 Å². The van der Waals surface area contributed by atoms with E-state index in [2.05, 4.69) is 21.2 Å². The Balaban J connectivity index is 2.19. The third kappa shape index (κ3) is 8.35. The number of aryl methyl sites for hydroxylation is 1. The van der Waals surface area contributed by atoms with Crippen LogP contribution in [-0.4, -0.2) is 50.5 Å². The van der Waals surface area contributed by atoms with Crippen molar-refractivity contribution in [3.8, 4) is 0 Å². The zero-order valence-corrected chi connectivity index (χ0v) is 23.6. The van der Waals surface area contributed by atoms with Crippen molar-refractivity contribution in [2.45, 2.75) is 59.5 Å². The van der Waals surface area contributed by atoms with E-state index in [1.165, 1.54) is 10.6 Å². The molecule has 0 heterocycles. The van der Waals surface area contributed by atoms with Crippen LogP contribution in [0.15, 0.2) is 46.9 Å². The van der Waals surface area contributed by atoms with E-state index in [9.17, 15) is 18.0 Å². The molecule has 2 aromatic carbocycles. The average molecular weight is 567 g/mol. The summed E-state index contributed by atoms with van der Waals surface area (Å²) in [5.74, 6) is -0.401. The quantitative estimate of drug-likeness (QED) is 0.408. The Morgan fingerprint density at radius 1 is 1.11 bits per heavy atom. The van der Waals surface area contributed by atoms with Crippen molar-refractivity contribution in [3.05, 3.63) is 63.6 Å². The van der Waals surface area contributed by atoms with Crippen molar-refractivity contribution in [2.24, 2.45) is 0 Å². The van der Waals surface area contributed by atoms with Gasteiger partial charge in [-0.2, -0.15) is 0 Å². The van der Waals surface area contributed by atoms with Gasteiger partial charge < -0.3 is 10.2 Å². The Hall–Kier alpha value is -2.39. The second-order valence-electron chi connectivity index (χ2n) is 8.78. The molecule has 35 heavy (non-hydrogen) atoms. The fraction of sp³-hybridized carbons (Fsp3) is 0.462. The van der Waals surface area contributed by atoms with Crippen molar-refractivity contribution in [3.63, 3.8) is 0 Å². The Morgan fingerprint density at radius 3 is 2.43 bits per heavy atom. The van der Waals surface area contributed by atoms with Gasteiger partial charge in [-0.05, 0) is 68.5 Å². The summed E-state index contributed by atoms with van der Waals surface area (Å²) in [6, 6.07) is 12.5. The van der Waals surface area contributed by atoms with Crippen LogP contribution in [0.25, 0.3) is 0 Å². The van der Waals surface area contributed by atoms with Crippen LogP contribution in [-0.2, 0) is 26.2 Å². The third-order valence-electron chi connectivity index (χ3n) is 5.96. The van der Waals surface area contributed by atoms with Crippen molar-refractivity contribution in [2.75, 3.05) is 23.7 Å². The second-order valence-corrected chi connectivity index (χ2v) is 11.6. The number of nitrogens with one attached hydrogen (secondary N) is 1. The molecule has 0 fully saturated rings. The molecular formula is C26H36BrN3O4S. The summed E-state index contributed by atoms with van der Waals surface area (Å²) in [7, 11) is -3.53. The number of sulfonamides is 1. The molecule has 1 atom stereocenters. The Bertz CT molecular complexity index is 1140. The number of rotatable bonds is 12. The number of hydrogen-bond acceptors (Lipinski definition) is 4. The number of nitrogens with zero attached hydrogens (tertiary/aromatic N) is 2. The number of carbonyl (C=O) groups is 2. The molecule has 0 aliphatic rings. The van der Waals surface area contributed by atoms with Crippen molar-refractivity contribution in [1.82, 2.24) is 10.2 Å². The number of halogens is 1. The summed E-state index contributed by atoms with van der Waals surface area (Å²) in [4.78, 5) is 27.5. The lowest BCUT2D eigenvalue weighted by molar-refractivity contribution is -0.140. The van der Waals surface area contributed by atoms with Gasteiger partial charge in [0.2, 0.25) is 21.8 Å². The van der Waals surface area contributed by atoms with Crippen molar-refractivity contribution < 1.29 is 18.0 Å². The molecule has 0 aliphatic heterocycles. The van der Waals surface area contributed by atoms with Gasteiger partial charge in [0.25, 0.3) is 0 Å². The van der Waals surface area contributed by atoms with Gasteiger partial charge in [0.15, 0.2) is 0 Å². The SMILES string of the molecule is CCCNC(=O)C(C)N(Cc1cccc(Br)c1)C(=O)CCCN(c1cccc(C)c1C)S(C)(=O)=O. The van der Waals surface area contributed by atoms with Crippen LogP contribution in [0.2, 0.25) is 0 Å². The van der Waals surface area contributed by atoms with Gasteiger partial charge in [-0.3, -0.25) is 13.9 Å². The van der Waals surface area contributed by atoms with Gasteiger partial charge >= 0.3 is 0 Å². The normalized spacial score (nSPS) is 12.2. The highest BCUT2D eigenvalue weighted by atomic mass is 79.9. The first-order valence-electron chi connectivity index (χ1n) is 11.8. The fourth-order valence-electron chi connectivity index (χ4n) is 3.80. The number of amides is 2. The molecule has 1 unspecified atom stereocenters. The molecule has 0 aliphatic carbocycles. The largest absolute Gasteiger partial charge is 0.354 e. The lowest BCUT2D eigenvalue weighted by atomic mass is 10.1. The molecule has 0 radical (unpaired) electrons. The molecule has 1 N–H and O–H groups in total. The summed E-state index contributed by atoms with van der Waals surface area (Å²) in [5.41, 5.74) is 3.41. The van der Waals surface area contributed by atoms with Gasteiger partial charge in [0.1, 0.15) is 6.04 Å². The number of benzene rings is 2. The van der Waals surface area contributed by atoms with Gasteiger partial charge in [0.05, 0.1) is 11.9 Å². The summed E-state index contributed by atoms with van der Waals surface area (Å²) >= 11 is 3.45. The van der Waals surface area contributed by atoms with Crippen LogP contribution in [0.1, 0.15) is 49.8 Å². The zero-order chi connectivity index (χ0) is 26.2. The van der Waals surface area contributed by atoms with Crippen LogP contribution in [0.5, 0.6) is 0 Å². The van der Waals surface area contributed by atoms with E-state index in [0.717, 1.165) is 27.6 Å². The smallest absolute Gasteiger partial charge is 0.242 e. The molecular weight excluding hydrogens is 530 g/mol. The molecule has 0 bridgehead atoms. The lowest BCUT2D eigenvalue weighted by Crippen LogP contribution is -2.47. The van der Waals surface area contributed by atoms with Gasteiger partial charge in [-0.25, -0.2) is 8.42 Å². The minimum atomic E-state index is -3.53. The summed E-state index contributed by atoms with van der Waals surface area (Å²) < 4.78 is 27.3. The molecule has 0 saturated carbocycles. The molecule has 7 nitrogen and oxygen atoms in total. The van der Waals surface area contributed by atoms with Gasteiger partial charge in [-0.15, -0.1) is 0 Å². The fourth-order valence-corrected chi connectivity index (χ4v) is 5.26.